The molecule has 2 rings (SSSR count). The van der Waals surface area contributed by atoms with Crippen LogP contribution in [-0.4, -0.2) is 10.9 Å². The number of nitrogens with one attached hydrogen (secondary N) is 2. The smallest absolute Gasteiger partial charge is 0.274 e. The molecule has 0 bridgehead atoms. The molecule has 0 aliphatic heterocycles. The normalized spacial score (nSPS) is 10.1. The molecule has 2 aromatic rings. The van der Waals surface area contributed by atoms with Crippen LogP contribution in [0.5, 0.6) is 0 Å². The van der Waals surface area contributed by atoms with E-state index in [-0.39, 0.29) is 5.69 Å². The maximum atomic E-state index is 13.1. The summed E-state index contributed by atoms with van der Waals surface area (Å²) in [5, 5.41) is 2.61. The van der Waals surface area contributed by atoms with Crippen LogP contribution in [0.4, 0.5) is 15.8 Å². The third kappa shape index (κ3) is 3.05. The largest absolute Gasteiger partial charge is 0.323 e. The van der Waals surface area contributed by atoms with Gasteiger partial charge in [0, 0.05) is 5.69 Å². The second kappa shape index (κ2) is 5.45. The molecule has 5 nitrogen and oxygen atoms in total. The van der Waals surface area contributed by atoms with Gasteiger partial charge in [0.15, 0.2) is 0 Å². The van der Waals surface area contributed by atoms with Crippen LogP contribution in [0.15, 0.2) is 36.5 Å². The lowest BCUT2D eigenvalue weighted by Crippen LogP contribution is -2.15. The number of halogens is 1. The van der Waals surface area contributed by atoms with Crippen molar-refractivity contribution in [2.75, 3.05) is 10.7 Å². The molecule has 0 fully saturated rings. The third-order valence-corrected chi connectivity index (χ3v) is 2.61. The summed E-state index contributed by atoms with van der Waals surface area (Å²) in [6.45, 7) is 1.78. The second-order valence-corrected chi connectivity index (χ2v) is 3.99. The summed E-state index contributed by atoms with van der Waals surface area (Å²) in [4.78, 5) is 15.9. The van der Waals surface area contributed by atoms with Gasteiger partial charge in [0.25, 0.3) is 5.91 Å². The molecule has 0 aliphatic carbocycles. The SMILES string of the molecule is Cc1ccc(F)cc1NC(=O)c1ccc(NN)cn1. The molecule has 98 valence electrons. The van der Waals surface area contributed by atoms with Crippen LogP contribution in [0.25, 0.3) is 0 Å². The molecule has 1 heterocycles. The first-order valence-electron chi connectivity index (χ1n) is 5.60. The van der Waals surface area contributed by atoms with Crippen LogP contribution in [-0.2, 0) is 0 Å². The van der Waals surface area contributed by atoms with E-state index < -0.39 is 11.7 Å². The van der Waals surface area contributed by atoms with E-state index in [4.69, 9.17) is 5.84 Å². The monoisotopic (exact) mass is 260 g/mol. The first-order valence-corrected chi connectivity index (χ1v) is 5.60. The summed E-state index contributed by atoms with van der Waals surface area (Å²) < 4.78 is 13.1. The van der Waals surface area contributed by atoms with E-state index in [1.807, 2.05) is 0 Å². The van der Waals surface area contributed by atoms with E-state index in [2.05, 4.69) is 15.7 Å². The van der Waals surface area contributed by atoms with Crippen LogP contribution < -0.4 is 16.6 Å². The van der Waals surface area contributed by atoms with Crippen molar-refractivity contribution in [2.45, 2.75) is 6.92 Å². The van der Waals surface area contributed by atoms with Crippen molar-refractivity contribution in [2.24, 2.45) is 5.84 Å². The minimum Gasteiger partial charge on any atom is -0.323 e. The topological polar surface area (TPSA) is 80.0 Å². The Balaban J connectivity index is 2.18. The Morgan fingerprint density at radius 2 is 2.11 bits per heavy atom. The number of hydrogen-bond acceptors (Lipinski definition) is 4. The van der Waals surface area contributed by atoms with Gasteiger partial charge in [-0.25, -0.2) is 9.37 Å². The maximum Gasteiger partial charge on any atom is 0.274 e. The Bertz CT molecular complexity index is 598. The van der Waals surface area contributed by atoms with E-state index in [0.29, 0.717) is 11.4 Å². The summed E-state index contributed by atoms with van der Waals surface area (Å²) in [6.07, 6.45) is 1.44. The van der Waals surface area contributed by atoms with Gasteiger partial charge in [0.1, 0.15) is 11.5 Å². The van der Waals surface area contributed by atoms with Crippen molar-refractivity contribution < 1.29 is 9.18 Å². The predicted octanol–water partition coefficient (Wildman–Crippen LogP) is 2.07. The summed E-state index contributed by atoms with van der Waals surface area (Å²) in [5.74, 6) is 4.39. The number of benzene rings is 1. The molecule has 1 aromatic carbocycles. The highest BCUT2D eigenvalue weighted by Crippen LogP contribution is 2.17. The zero-order valence-electron chi connectivity index (χ0n) is 10.3. The molecular formula is C13H13FN4O. The minimum absolute atomic E-state index is 0.225. The van der Waals surface area contributed by atoms with Crippen LogP contribution in [0.2, 0.25) is 0 Å². The summed E-state index contributed by atoms with van der Waals surface area (Å²) in [7, 11) is 0. The first-order chi connectivity index (χ1) is 9.10. The average Bonchev–Trinajstić information content (AvgIpc) is 2.43. The van der Waals surface area contributed by atoms with Crippen molar-refractivity contribution in [3.05, 3.63) is 53.6 Å². The number of anilines is 2. The van der Waals surface area contributed by atoms with Crippen LogP contribution in [0, 0.1) is 12.7 Å². The number of pyridine rings is 1. The maximum absolute atomic E-state index is 13.1. The number of nitrogens with two attached hydrogens (primary N) is 1. The van der Waals surface area contributed by atoms with Gasteiger partial charge in [-0.15, -0.1) is 0 Å². The molecule has 19 heavy (non-hydrogen) atoms. The van der Waals surface area contributed by atoms with Crippen molar-refractivity contribution in [3.63, 3.8) is 0 Å². The number of amides is 1. The molecule has 4 N–H and O–H groups in total. The molecule has 0 atom stereocenters. The van der Waals surface area contributed by atoms with Crippen LogP contribution in [0.3, 0.4) is 0 Å². The predicted molar refractivity (Wildman–Crippen MR) is 71.1 cm³/mol. The molecular weight excluding hydrogens is 247 g/mol. The number of nitrogen functional groups attached to an aromatic ring is 1. The van der Waals surface area contributed by atoms with Gasteiger partial charge < -0.3 is 10.7 Å². The Morgan fingerprint density at radius 1 is 1.32 bits per heavy atom. The second-order valence-electron chi connectivity index (χ2n) is 3.99. The molecule has 0 spiro atoms. The van der Waals surface area contributed by atoms with Crippen LogP contribution in [0.1, 0.15) is 16.1 Å². The van der Waals surface area contributed by atoms with Gasteiger partial charge in [0.05, 0.1) is 11.9 Å². The fourth-order valence-corrected chi connectivity index (χ4v) is 1.53. The standard InChI is InChI=1S/C13H13FN4O/c1-8-2-3-9(14)6-12(8)17-13(19)11-5-4-10(18-15)7-16-11/h2-7,18H,15H2,1H3,(H,17,19). The molecule has 0 saturated heterocycles. The number of nitrogens with zero attached hydrogens (tertiary/aromatic N) is 1. The number of aromatic nitrogens is 1. The van der Waals surface area contributed by atoms with Gasteiger partial charge in [0.2, 0.25) is 0 Å². The third-order valence-electron chi connectivity index (χ3n) is 2.61. The van der Waals surface area contributed by atoms with E-state index in [9.17, 15) is 9.18 Å². The lowest BCUT2D eigenvalue weighted by Gasteiger charge is -2.08. The summed E-state index contributed by atoms with van der Waals surface area (Å²) >= 11 is 0. The van der Waals surface area contributed by atoms with E-state index in [0.717, 1.165) is 5.56 Å². The fourth-order valence-electron chi connectivity index (χ4n) is 1.53. The molecule has 0 aliphatic rings. The van der Waals surface area contributed by atoms with E-state index in [1.54, 1.807) is 19.1 Å². The van der Waals surface area contributed by atoms with Gasteiger partial charge in [-0.2, -0.15) is 0 Å². The van der Waals surface area contributed by atoms with Gasteiger partial charge in [-0.1, -0.05) is 6.07 Å². The number of carbonyl (C=O) groups excluding carboxylic acids is 1. The zero-order valence-corrected chi connectivity index (χ0v) is 10.3. The summed E-state index contributed by atoms with van der Waals surface area (Å²) in [6, 6.07) is 7.35. The highest BCUT2D eigenvalue weighted by molar-refractivity contribution is 6.03. The number of aryl methyl sites for hydroxylation is 1. The van der Waals surface area contributed by atoms with E-state index >= 15 is 0 Å². The minimum atomic E-state index is -0.406. The Hall–Kier alpha value is -2.47. The molecule has 6 heteroatoms. The van der Waals surface area contributed by atoms with Gasteiger partial charge >= 0.3 is 0 Å². The Kier molecular flexibility index (Phi) is 3.72. The molecule has 0 saturated carbocycles. The van der Waals surface area contributed by atoms with Crippen molar-refractivity contribution in [1.82, 2.24) is 4.98 Å². The molecule has 0 radical (unpaired) electrons. The number of rotatable bonds is 3. The first kappa shape index (κ1) is 13.0. The van der Waals surface area contributed by atoms with Crippen molar-refractivity contribution in [1.29, 1.82) is 0 Å². The lowest BCUT2D eigenvalue weighted by molar-refractivity contribution is 0.102. The molecule has 1 amide bonds. The Morgan fingerprint density at radius 3 is 2.74 bits per heavy atom. The zero-order chi connectivity index (χ0) is 13.8. The highest BCUT2D eigenvalue weighted by Gasteiger charge is 2.09. The average molecular weight is 260 g/mol. The number of hydrazine groups is 1. The lowest BCUT2D eigenvalue weighted by atomic mass is 10.2. The molecule has 1 aromatic heterocycles. The van der Waals surface area contributed by atoms with Crippen molar-refractivity contribution in [3.8, 4) is 0 Å². The number of hydrogen-bond donors (Lipinski definition) is 3. The van der Waals surface area contributed by atoms with Crippen molar-refractivity contribution >= 4 is 17.3 Å². The molecule has 0 unspecified atom stereocenters. The highest BCUT2D eigenvalue weighted by atomic mass is 19.1. The van der Waals surface area contributed by atoms with Gasteiger partial charge in [-0.3, -0.25) is 10.6 Å². The summed E-state index contributed by atoms with van der Waals surface area (Å²) in [5.41, 5.74) is 4.43. The van der Waals surface area contributed by atoms with Gasteiger partial charge in [-0.05, 0) is 36.8 Å². The Labute approximate surface area is 109 Å². The van der Waals surface area contributed by atoms with Crippen LogP contribution >= 0.6 is 0 Å². The number of carbonyl (C=O) groups is 1. The fraction of sp³-hybridized carbons (Fsp3) is 0.0769. The van der Waals surface area contributed by atoms with E-state index in [1.165, 1.54) is 24.4 Å². The quantitative estimate of drug-likeness (QED) is 0.583.